The molecule has 290 valence electrons. The van der Waals surface area contributed by atoms with Crippen LogP contribution >= 0.6 is 0 Å². The van der Waals surface area contributed by atoms with Crippen molar-refractivity contribution in [3.05, 3.63) is 231 Å². The normalized spacial score (nSPS) is 11.5. The third-order valence-corrected chi connectivity index (χ3v) is 12.1. The SMILES string of the molecule is c1ccc(-c2ccc(-c3cc(-c4ccccc4)nc(-c4ccc(-c5cc(-n6c7ccccc7c7ccccc76)cc(-n6c7ccccc7c7ccccc76)c5)cc4)n3)cc2)cc1. The number of para-hydroxylation sites is 4. The molecule has 9 aromatic carbocycles. The van der Waals surface area contributed by atoms with Crippen LogP contribution in [0.3, 0.4) is 0 Å². The molecule has 0 atom stereocenters. The van der Waals surface area contributed by atoms with Crippen LogP contribution in [0.2, 0.25) is 0 Å². The summed E-state index contributed by atoms with van der Waals surface area (Å²) in [6.07, 6.45) is 0. The fourth-order valence-corrected chi connectivity index (χ4v) is 9.18. The highest BCUT2D eigenvalue weighted by molar-refractivity contribution is 6.10. The fraction of sp³-hybridized carbons (Fsp3) is 0. The van der Waals surface area contributed by atoms with Crippen molar-refractivity contribution in [3.63, 3.8) is 0 Å². The third-order valence-electron chi connectivity index (χ3n) is 12.1. The molecule has 0 radical (unpaired) electrons. The van der Waals surface area contributed by atoms with E-state index in [4.69, 9.17) is 9.97 Å². The second-order valence-electron chi connectivity index (χ2n) is 15.8. The average molecular weight is 791 g/mol. The highest BCUT2D eigenvalue weighted by Gasteiger charge is 2.18. The molecular formula is C58H38N4. The van der Waals surface area contributed by atoms with Gasteiger partial charge in [0.15, 0.2) is 5.82 Å². The van der Waals surface area contributed by atoms with Gasteiger partial charge in [-0.05, 0) is 70.8 Å². The predicted molar refractivity (Wildman–Crippen MR) is 258 cm³/mol. The molecule has 0 saturated carbocycles. The van der Waals surface area contributed by atoms with Gasteiger partial charge >= 0.3 is 0 Å². The quantitative estimate of drug-likeness (QED) is 0.161. The number of rotatable bonds is 7. The Hall–Kier alpha value is -8.34. The smallest absolute Gasteiger partial charge is 0.160 e. The van der Waals surface area contributed by atoms with E-state index < -0.39 is 0 Å². The summed E-state index contributed by atoms with van der Waals surface area (Å²) in [5, 5.41) is 4.95. The Balaban J connectivity index is 1.01. The van der Waals surface area contributed by atoms with Gasteiger partial charge in [-0.3, -0.25) is 0 Å². The minimum Gasteiger partial charge on any atom is -0.309 e. The number of hydrogen-bond donors (Lipinski definition) is 0. The summed E-state index contributed by atoms with van der Waals surface area (Å²) in [4.78, 5) is 10.4. The van der Waals surface area contributed by atoms with E-state index in [1.54, 1.807) is 0 Å². The number of nitrogens with zero attached hydrogens (tertiary/aromatic N) is 4. The number of fused-ring (bicyclic) bond motifs is 6. The van der Waals surface area contributed by atoms with Crippen molar-refractivity contribution in [1.82, 2.24) is 19.1 Å². The van der Waals surface area contributed by atoms with E-state index in [1.807, 2.05) is 12.1 Å². The molecule has 4 nitrogen and oxygen atoms in total. The van der Waals surface area contributed by atoms with E-state index in [2.05, 4.69) is 228 Å². The lowest BCUT2D eigenvalue weighted by atomic mass is 10.0. The highest BCUT2D eigenvalue weighted by atomic mass is 15.0. The Kier molecular flexibility index (Phi) is 8.46. The highest BCUT2D eigenvalue weighted by Crippen LogP contribution is 2.38. The minimum atomic E-state index is 0.685. The Morgan fingerprint density at radius 2 is 0.565 bits per heavy atom. The van der Waals surface area contributed by atoms with Gasteiger partial charge in [0.2, 0.25) is 0 Å². The molecule has 3 aromatic heterocycles. The molecule has 12 aromatic rings. The molecule has 0 saturated heterocycles. The first-order valence-corrected chi connectivity index (χ1v) is 21.1. The Bertz CT molecular complexity index is 3360. The van der Waals surface area contributed by atoms with Gasteiger partial charge in [-0.1, -0.05) is 182 Å². The van der Waals surface area contributed by atoms with Gasteiger partial charge in [0, 0.05) is 49.6 Å². The van der Waals surface area contributed by atoms with Gasteiger partial charge in [-0.15, -0.1) is 0 Å². The van der Waals surface area contributed by atoms with Crippen LogP contribution in [0.15, 0.2) is 231 Å². The zero-order valence-electron chi connectivity index (χ0n) is 33.7. The van der Waals surface area contributed by atoms with Gasteiger partial charge < -0.3 is 9.13 Å². The Labute approximate surface area is 359 Å². The maximum atomic E-state index is 5.20. The molecule has 62 heavy (non-hydrogen) atoms. The first-order chi connectivity index (χ1) is 30.7. The van der Waals surface area contributed by atoms with Crippen LogP contribution in [0.1, 0.15) is 0 Å². The molecule has 0 unspecified atom stereocenters. The molecule has 0 spiro atoms. The first kappa shape index (κ1) is 35.6. The molecule has 0 amide bonds. The number of benzene rings is 9. The van der Waals surface area contributed by atoms with Crippen LogP contribution in [-0.2, 0) is 0 Å². The van der Waals surface area contributed by atoms with Gasteiger partial charge in [-0.25, -0.2) is 9.97 Å². The molecule has 0 fully saturated rings. The summed E-state index contributed by atoms with van der Waals surface area (Å²) in [7, 11) is 0. The predicted octanol–water partition coefficient (Wildman–Crippen LogP) is 15.0. The number of hydrogen-bond acceptors (Lipinski definition) is 2. The van der Waals surface area contributed by atoms with Crippen molar-refractivity contribution in [2.75, 3.05) is 0 Å². The molecule has 0 aliphatic heterocycles. The summed E-state index contributed by atoms with van der Waals surface area (Å²) >= 11 is 0. The van der Waals surface area contributed by atoms with Crippen molar-refractivity contribution >= 4 is 43.6 Å². The van der Waals surface area contributed by atoms with Crippen LogP contribution in [0.25, 0.3) is 111 Å². The van der Waals surface area contributed by atoms with Gasteiger partial charge in [0.25, 0.3) is 0 Å². The van der Waals surface area contributed by atoms with Crippen LogP contribution in [0, 0.1) is 0 Å². The zero-order valence-corrected chi connectivity index (χ0v) is 33.7. The fourth-order valence-electron chi connectivity index (χ4n) is 9.18. The van der Waals surface area contributed by atoms with Gasteiger partial charge in [-0.2, -0.15) is 0 Å². The monoisotopic (exact) mass is 790 g/mol. The lowest BCUT2D eigenvalue weighted by Crippen LogP contribution is -2.00. The first-order valence-electron chi connectivity index (χ1n) is 21.1. The Morgan fingerprint density at radius 3 is 1.02 bits per heavy atom. The lowest BCUT2D eigenvalue weighted by molar-refractivity contribution is 1.13. The van der Waals surface area contributed by atoms with Crippen LogP contribution in [-0.4, -0.2) is 19.1 Å². The molecular weight excluding hydrogens is 753 g/mol. The third kappa shape index (κ3) is 6.08. The zero-order chi connectivity index (χ0) is 41.0. The molecule has 3 heterocycles. The standard InChI is InChI=1S/C58H38N4/c1-3-15-39(16-4-1)40-27-31-43(32-28-40)53-38-52(42-17-5-2-6-18-42)59-58(60-53)44-33-29-41(30-34-44)45-35-46(61-54-23-11-7-19-48(54)49-20-8-12-24-55(49)61)37-47(36-45)62-56-25-13-9-21-50(56)51-22-10-14-26-57(51)62/h1-38H. The van der Waals surface area contributed by atoms with Crippen LogP contribution in [0.5, 0.6) is 0 Å². The maximum Gasteiger partial charge on any atom is 0.160 e. The second-order valence-corrected chi connectivity index (χ2v) is 15.8. The van der Waals surface area contributed by atoms with E-state index >= 15 is 0 Å². The van der Waals surface area contributed by atoms with Gasteiger partial charge in [0.05, 0.1) is 33.5 Å². The lowest BCUT2D eigenvalue weighted by Gasteiger charge is -2.16. The molecule has 0 N–H and O–H groups in total. The van der Waals surface area contributed by atoms with Crippen molar-refractivity contribution in [1.29, 1.82) is 0 Å². The largest absolute Gasteiger partial charge is 0.309 e. The second kappa shape index (κ2) is 14.7. The molecule has 0 aliphatic rings. The molecule has 0 bridgehead atoms. The van der Waals surface area contributed by atoms with E-state index in [9.17, 15) is 0 Å². The summed E-state index contributed by atoms with van der Waals surface area (Å²) in [5.74, 6) is 0.685. The van der Waals surface area contributed by atoms with Crippen LogP contribution in [0.4, 0.5) is 0 Å². The van der Waals surface area contributed by atoms with Crippen LogP contribution < -0.4 is 0 Å². The molecule has 0 aliphatic carbocycles. The van der Waals surface area contributed by atoms with Crippen molar-refractivity contribution in [2.24, 2.45) is 0 Å². The molecule has 12 rings (SSSR count). The number of aromatic nitrogens is 4. The van der Waals surface area contributed by atoms with E-state index in [0.717, 1.165) is 50.6 Å². The van der Waals surface area contributed by atoms with E-state index in [0.29, 0.717) is 5.82 Å². The maximum absolute atomic E-state index is 5.20. The molecule has 4 heteroatoms. The van der Waals surface area contributed by atoms with E-state index in [1.165, 1.54) is 54.7 Å². The van der Waals surface area contributed by atoms with Crippen molar-refractivity contribution in [3.8, 4) is 67.5 Å². The summed E-state index contributed by atoms with van der Waals surface area (Å²) in [6.45, 7) is 0. The van der Waals surface area contributed by atoms with Crippen molar-refractivity contribution in [2.45, 2.75) is 0 Å². The summed E-state index contributed by atoms with van der Waals surface area (Å²) < 4.78 is 4.83. The Morgan fingerprint density at radius 1 is 0.242 bits per heavy atom. The van der Waals surface area contributed by atoms with Crippen molar-refractivity contribution < 1.29 is 0 Å². The average Bonchev–Trinajstić information content (AvgIpc) is 3.88. The van der Waals surface area contributed by atoms with Gasteiger partial charge in [0.1, 0.15) is 0 Å². The summed E-state index contributed by atoms with van der Waals surface area (Å²) in [6, 6.07) is 82.2. The topological polar surface area (TPSA) is 35.6 Å². The minimum absolute atomic E-state index is 0.685. The van der Waals surface area contributed by atoms with E-state index in [-0.39, 0.29) is 0 Å². The summed E-state index contributed by atoms with van der Waals surface area (Å²) in [5.41, 5.74) is 16.3.